The van der Waals surface area contributed by atoms with Gasteiger partial charge in [0.1, 0.15) is 5.75 Å². The van der Waals surface area contributed by atoms with Crippen LogP contribution in [-0.2, 0) is 16.0 Å². The number of aryl methyl sites for hydroxylation is 1. The molecular weight excluding hydrogens is 404 g/mol. The molecular formula is C27H34O5. The summed E-state index contributed by atoms with van der Waals surface area (Å²) < 4.78 is 10.6. The van der Waals surface area contributed by atoms with Crippen molar-refractivity contribution in [2.24, 2.45) is 0 Å². The van der Waals surface area contributed by atoms with Crippen LogP contribution in [0.5, 0.6) is 5.75 Å². The molecule has 5 nitrogen and oxygen atoms in total. The van der Waals surface area contributed by atoms with Crippen LogP contribution >= 0.6 is 0 Å². The Morgan fingerprint density at radius 2 is 1.41 bits per heavy atom. The molecule has 1 atom stereocenters. The minimum Gasteiger partial charge on any atom is -0.454 e. The highest BCUT2D eigenvalue weighted by Crippen LogP contribution is 2.17. The van der Waals surface area contributed by atoms with Gasteiger partial charge in [-0.15, -0.1) is 0 Å². The van der Waals surface area contributed by atoms with Crippen LogP contribution in [-0.4, -0.2) is 23.8 Å². The van der Waals surface area contributed by atoms with Crippen LogP contribution in [0, 0.1) is 0 Å². The predicted octanol–water partition coefficient (Wildman–Crippen LogP) is 6.33. The van der Waals surface area contributed by atoms with Crippen LogP contribution in [0.1, 0.15) is 92.0 Å². The minimum atomic E-state index is -0.854. The first-order chi connectivity index (χ1) is 15.4. The largest absolute Gasteiger partial charge is 0.454 e. The number of rotatable bonds is 13. The van der Waals surface area contributed by atoms with Crippen LogP contribution in [0.4, 0.5) is 0 Å². The van der Waals surface area contributed by atoms with Crippen molar-refractivity contribution in [3.05, 3.63) is 65.2 Å². The summed E-state index contributed by atoms with van der Waals surface area (Å²) in [5.74, 6) is -0.776. The summed E-state index contributed by atoms with van der Waals surface area (Å²) in [7, 11) is 0. The van der Waals surface area contributed by atoms with E-state index in [0.29, 0.717) is 23.3 Å². The van der Waals surface area contributed by atoms with Crippen molar-refractivity contribution in [2.45, 2.75) is 78.2 Å². The number of esters is 2. The van der Waals surface area contributed by atoms with E-state index in [1.165, 1.54) is 31.2 Å². The summed E-state index contributed by atoms with van der Waals surface area (Å²) in [6.07, 6.45) is 7.30. The second kappa shape index (κ2) is 13.5. The Balaban J connectivity index is 1.86. The Labute approximate surface area is 191 Å². The summed E-state index contributed by atoms with van der Waals surface area (Å²) >= 11 is 0. The normalized spacial score (nSPS) is 11.6. The fourth-order valence-electron chi connectivity index (χ4n) is 3.34. The average Bonchev–Trinajstić information content (AvgIpc) is 2.79. The minimum absolute atomic E-state index is 0.284. The molecule has 0 N–H and O–H groups in total. The van der Waals surface area contributed by atoms with Gasteiger partial charge in [0, 0.05) is 12.0 Å². The number of carbonyl (C=O) groups is 3. The van der Waals surface area contributed by atoms with Gasteiger partial charge in [0.15, 0.2) is 6.10 Å². The van der Waals surface area contributed by atoms with E-state index in [2.05, 4.69) is 6.92 Å². The Morgan fingerprint density at radius 3 is 2.03 bits per heavy atom. The van der Waals surface area contributed by atoms with Gasteiger partial charge in [-0.05, 0) is 68.1 Å². The first-order valence-corrected chi connectivity index (χ1v) is 11.6. The molecule has 0 aliphatic carbocycles. The number of hydrogen-bond donors (Lipinski definition) is 0. The molecule has 1 unspecified atom stereocenters. The van der Waals surface area contributed by atoms with E-state index in [1.54, 1.807) is 43.3 Å². The third-order valence-corrected chi connectivity index (χ3v) is 5.24. The average molecular weight is 439 g/mol. The Hall–Kier alpha value is -2.95. The molecule has 0 spiro atoms. The molecule has 32 heavy (non-hydrogen) atoms. The zero-order valence-electron chi connectivity index (χ0n) is 19.4. The standard InChI is InChI=1S/C27H34O5/c1-4-6-7-8-9-11-21-12-14-23(15-13-21)27(30)32-24-18-16-22(17-19-24)26(29)20(3)31-25(28)10-5-2/h12-20H,4-11H2,1-3H3. The molecule has 5 heteroatoms. The van der Waals surface area contributed by atoms with Crippen molar-refractivity contribution >= 4 is 17.7 Å². The fourth-order valence-corrected chi connectivity index (χ4v) is 3.34. The van der Waals surface area contributed by atoms with E-state index < -0.39 is 12.1 Å². The Bertz CT molecular complexity index is 868. The maximum Gasteiger partial charge on any atom is 0.343 e. The van der Waals surface area contributed by atoms with E-state index >= 15 is 0 Å². The van der Waals surface area contributed by atoms with E-state index in [-0.39, 0.29) is 18.2 Å². The smallest absolute Gasteiger partial charge is 0.343 e. The van der Waals surface area contributed by atoms with E-state index in [0.717, 1.165) is 12.8 Å². The van der Waals surface area contributed by atoms with Gasteiger partial charge in [-0.3, -0.25) is 9.59 Å². The van der Waals surface area contributed by atoms with Crippen LogP contribution in [0.3, 0.4) is 0 Å². The Kier molecular flexibility index (Phi) is 10.6. The fraction of sp³-hybridized carbons (Fsp3) is 0.444. The lowest BCUT2D eigenvalue weighted by Gasteiger charge is -2.12. The van der Waals surface area contributed by atoms with Gasteiger partial charge in [0.25, 0.3) is 0 Å². The number of ketones is 1. The molecule has 0 bridgehead atoms. The molecule has 0 aliphatic heterocycles. The van der Waals surface area contributed by atoms with Crippen molar-refractivity contribution in [2.75, 3.05) is 0 Å². The summed E-state index contributed by atoms with van der Waals surface area (Å²) in [5, 5.41) is 0. The highest BCUT2D eigenvalue weighted by atomic mass is 16.5. The first kappa shape index (κ1) is 25.3. The molecule has 0 saturated carbocycles. The molecule has 0 saturated heterocycles. The molecule has 2 rings (SSSR count). The number of benzene rings is 2. The summed E-state index contributed by atoms with van der Waals surface area (Å²) in [6, 6.07) is 13.8. The molecule has 172 valence electrons. The van der Waals surface area contributed by atoms with Gasteiger partial charge in [-0.1, -0.05) is 51.7 Å². The lowest BCUT2D eigenvalue weighted by atomic mass is 10.0. The van der Waals surface area contributed by atoms with Gasteiger partial charge >= 0.3 is 11.9 Å². The number of carbonyl (C=O) groups excluding carboxylic acids is 3. The Morgan fingerprint density at radius 1 is 0.781 bits per heavy atom. The number of hydrogen-bond acceptors (Lipinski definition) is 5. The van der Waals surface area contributed by atoms with E-state index in [4.69, 9.17) is 9.47 Å². The zero-order chi connectivity index (χ0) is 23.3. The summed E-state index contributed by atoms with van der Waals surface area (Å²) in [6.45, 7) is 5.64. The van der Waals surface area contributed by atoms with Gasteiger partial charge in [0.2, 0.25) is 5.78 Å². The molecule has 0 aliphatic rings. The highest BCUT2D eigenvalue weighted by molar-refractivity contribution is 6.00. The third-order valence-electron chi connectivity index (χ3n) is 5.24. The summed E-state index contributed by atoms with van der Waals surface area (Å²) in [5.41, 5.74) is 2.09. The molecule has 0 fully saturated rings. The molecule has 0 amide bonds. The third kappa shape index (κ3) is 8.29. The monoisotopic (exact) mass is 438 g/mol. The second-order valence-corrected chi connectivity index (χ2v) is 8.02. The number of Topliss-reactive ketones (excluding diaryl/α,β-unsaturated/α-hetero) is 1. The first-order valence-electron chi connectivity index (χ1n) is 11.6. The van der Waals surface area contributed by atoms with E-state index in [1.807, 2.05) is 19.1 Å². The van der Waals surface area contributed by atoms with E-state index in [9.17, 15) is 14.4 Å². The predicted molar refractivity (Wildman–Crippen MR) is 125 cm³/mol. The van der Waals surface area contributed by atoms with Crippen molar-refractivity contribution < 1.29 is 23.9 Å². The maximum atomic E-state index is 12.4. The van der Waals surface area contributed by atoms with Crippen molar-refractivity contribution in [1.82, 2.24) is 0 Å². The van der Waals surface area contributed by atoms with Crippen LogP contribution < -0.4 is 4.74 Å². The van der Waals surface area contributed by atoms with Crippen LogP contribution in [0.25, 0.3) is 0 Å². The van der Waals surface area contributed by atoms with Gasteiger partial charge < -0.3 is 9.47 Å². The second-order valence-electron chi connectivity index (χ2n) is 8.02. The molecule has 2 aromatic carbocycles. The maximum absolute atomic E-state index is 12.4. The van der Waals surface area contributed by atoms with Crippen molar-refractivity contribution in [3.63, 3.8) is 0 Å². The van der Waals surface area contributed by atoms with Crippen LogP contribution in [0.15, 0.2) is 48.5 Å². The topological polar surface area (TPSA) is 69.7 Å². The van der Waals surface area contributed by atoms with Gasteiger partial charge in [-0.2, -0.15) is 0 Å². The molecule has 0 radical (unpaired) electrons. The number of unbranched alkanes of at least 4 members (excludes halogenated alkanes) is 4. The van der Waals surface area contributed by atoms with Crippen LogP contribution in [0.2, 0.25) is 0 Å². The highest BCUT2D eigenvalue weighted by Gasteiger charge is 2.19. The lowest BCUT2D eigenvalue weighted by molar-refractivity contribution is -0.146. The quantitative estimate of drug-likeness (QED) is 0.158. The molecule has 2 aromatic rings. The zero-order valence-corrected chi connectivity index (χ0v) is 19.4. The van der Waals surface area contributed by atoms with Gasteiger partial charge in [-0.25, -0.2) is 4.79 Å². The SMILES string of the molecule is CCCCCCCc1ccc(C(=O)Oc2ccc(C(=O)C(C)OC(=O)CCC)cc2)cc1. The lowest BCUT2D eigenvalue weighted by Crippen LogP contribution is -2.24. The number of ether oxygens (including phenoxy) is 2. The van der Waals surface area contributed by atoms with Crippen molar-refractivity contribution in [3.8, 4) is 5.75 Å². The summed E-state index contributed by atoms with van der Waals surface area (Å²) in [4.78, 5) is 36.4. The van der Waals surface area contributed by atoms with Gasteiger partial charge in [0.05, 0.1) is 5.56 Å². The molecule has 0 aromatic heterocycles. The molecule has 0 heterocycles. The van der Waals surface area contributed by atoms with Crippen molar-refractivity contribution in [1.29, 1.82) is 0 Å².